The normalized spacial score (nSPS) is 39.3. The molecule has 3 fully saturated rings. The highest BCUT2D eigenvalue weighted by Crippen LogP contribution is 2.70. The summed E-state index contributed by atoms with van der Waals surface area (Å²) in [5, 5.41) is 0.355. The van der Waals surface area contributed by atoms with Crippen LogP contribution in [0.25, 0.3) is 0 Å². The van der Waals surface area contributed by atoms with Crippen molar-refractivity contribution in [2.45, 2.75) is 98.2 Å². The van der Waals surface area contributed by atoms with Gasteiger partial charge >= 0.3 is 7.60 Å². The lowest BCUT2D eigenvalue weighted by atomic mass is 9.46. The number of halogens is 1. The van der Waals surface area contributed by atoms with E-state index < -0.39 is 15.9 Å². The van der Waals surface area contributed by atoms with E-state index in [0.717, 1.165) is 25.9 Å². The highest BCUT2D eigenvalue weighted by Gasteiger charge is 2.61. The van der Waals surface area contributed by atoms with Gasteiger partial charge in [0, 0.05) is 26.7 Å². The van der Waals surface area contributed by atoms with Crippen molar-refractivity contribution in [1.82, 2.24) is 0 Å². The smallest absolute Gasteiger partial charge is 0.363 e. The summed E-state index contributed by atoms with van der Waals surface area (Å²) < 4.78 is 46.0. The molecule has 4 aliphatic carbocycles. The molecular formula is C30H52FO4PSi. The van der Waals surface area contributed by atoms with Gasteiger partial charge in [0.25, 0.3) is 0 Å². The Morgan fingerprint density at radius 1 is 1.08 bits per heavy atom. The van der Waals surface area contributed by atoms with E-state index in [1.165, 1.54) is 33.5 Å². The number of rotatable bonds is 7. The van der Waals surface area contributed by atoms with E-state index in [2.05, 4.69) is 60.7 Å². The van der Waals surface area contributed by atoms with Gasteiger partial charge in [0.1, 0.15) is 5.83 Å². The molecule has 0 amide bonds. The molecule has 0 aromatic heterocycles. The molecule has 0 bridgehead atoms. The molecule has 0 unspecified atom stereocenters. The van der Waals surface area contributed by atoms with E-state index in [9.17, 15) is 4.57 Å². The van der Waals surface area contributed by atoms with Crippen LogP contribution >= 0.6 is 7.60 Å². The van der Waals surface area contributed by atoms with Crippen molar-refractivity contribution < 1.29 is 22.4 Å². The third-order valence-electron chi connectivity index (χ3n) is 12.0. The quantitative estimate of drug-likeness (QED) is 0.232. The highest BCUT2D eigenvalue weighted by molar-refractivity contribution is 7.58. The fourth-order valence-corrected chi connectivity index (χ4v) is 11.0. The van der Waals surface area contributed by atoms with Crippen LogP contribution in [0.3, 0.4) is 0 Å². The molecule has 0 heterocycles. The van der Waals surface area contributed by atoms with Crippen LogP contribution in [0, 0.1) is 46.3 Å². The minimum atomic E-state index is -3.61. The molecule has 4 rings (SSSR count). The summed E-state index contributed by atoms with van der Waals surface area (Å²) in [6.07, 6.45) is 10.6. The van der Waals surface area contributed by atoms with Crippen molar-refractivity contribution in [1.29, 1.82) is 0 Å². The topological polar surface area (TPSA) is 44.8 Å². The lowest BCUT2D eigenvalue weighted by Gasteiger charge is -2.59. The second-order valence-corrected chi connectivity index (χ2v) is 21.6. The number of fused-ring (bicyclic) bond motifs is 5. The molecule has 0 saturated heterocycles. The maximum Gasteiger partial charge on any atom is 0.363 e. The molecule has 4 nitrogen and oxygen atoms in total. The fourth-order valence-electron chi connectivity index (χ4n) is 8.69. The summed E-state index contributed by atoms with van der Waals surface area (Å²) in [6.45, 7) is 19.8. The molecule has 0 aromatic rings. The molecule has 0 aromatic carbocycles. The van der Waals surface area contributed by atoms with E-state index in [1.807, 2.05) is 0 Å². The highest BCUT2D eigenvalue weighted by atomic mass is 31.2. The lowest BCUT2D eigenvalue weighted by Crippen LogP contribution is -2.52. The summed E-state index contributed by atoms with van der Waals surface area (Å²) in [5.74, 6) is 2.49. The van der Waals surface area contributed by atoms with Gasteiger partial charge in [0.05, 0.1) is 5.31 Å². The van der Waals surface area contributed by atoms with Crippen LogP contribution in [0.5, 0.6) is 0 Å². The van der Waals surface area contributed by atoms with Crippen molar-refractivity contribution in [3.8, 4) is 0 Å². The second kappa shape index (κ2) is 9.98. The Morgan fingerprint density at radius 2 is 1.73 bits per heavy atom. The molecule has 0 aliphatic heterocycles. The zero-order valence-corrected chi connectivity index (χ0v) is 26.9. The van der Waals surface area contributed by atoms with E-state index in [4.69, 9.17) is 13.5 Å². The van der Waals surface area contributed by atoms with Crippen molar-refractivity contribution in [3.63, 3.8) is 0 Å². The third-order valence-corrected chi connectivity index (χ3v) is 18.4. The average molecular weight is 555 g/mol. The zero-order valence-electron chi connectivity index (χ0n) is 25.0. The summed E-state index contributed by atoms with van der Waals surface area (Å²) >= 11 is 0. The molecule has 3 saturated carbocycles. The Kier molecular flexibility index (Phi) is 8.01. The van der Waals surface area contributed by atoms with E-state index >= 15 is 4.39 Å². The van der Waals surface area contributed by atoms with Gasteiger partial charge in [-0.1, -0.05) is 47.6 Å². The first-order chi connectivity index (χ1) is 17.1. The Labute approximate surface area is 226 Å². The van der Waals surface area contributed by atoms with Gasteiger partial charge in [0.15, 0.2) is 8.32 Å². The first kappa shape index (κ1) is 29.7. The zero-order chi connectivity index (χ0) is 27.6. The van der Waals surface area contributed by atoms with Crippen molar-refractivity contribution >= 4 is 15.9 Å². The van der Waals surface area contributed by atoms with Crippen LogP contribution in [-0.2, 0) is 18.0 Å². The minimum absolute atomic E-state index is 0.121. The lowest BCUT2D eigenvalue weighted by molar-refractivity contribution is -0.0802. The van der Waals surface area contributed by atoms with Gasteiger partial charge in [-0.3, -0.25) is 4.57 Å². The molecule has 7 heteroatoms. The summed E-state index contributed by atoms with van der Waals surface area (Å²) in [6, 6.07) is 0. The first-order valence-electron chi connectivity index (χ1n) is 14.5. The van der Waals surface area contributed by atoms with Crippen molar-refractivity contribution in [2.75, 3.05) is 20.8 Å². The van der Waals surface area contributed by atoms with Gasteiger partial charge in [-0.05, 0) is 103 Å². The predicted octanol–water partition coefficient (Wildman–Crippen LogP) is 9.36. The Hall–Kier alpha value is -0.263. The number of allylic oxidation sites excluding steroid dienone is 4. The molecule has 0 radical (unpaired) electrons. The van der Waals surface area contributed by atoms with Gasteiger partial charge in [0.2, 0.25) is 0 Å². The Bertz CT molecular complexity index is 979. The maximum absolute atomic E-state index is 15.9. The van der Waals surface area contributed by atoms with Crippen LogP contribution in [0.15, 0.2) is 23.3 Å². The van der Waals surface area contributed by atoms with E-state index in [-0.39, 0.29) is 27.5 Å². The fraction of sp³-hybridized carbons (Fsp3) is 0.867. The molecule has 37 heavy (non-hydrogen) atoms. The van der Waals surface area contributed by atoms with Gasteiger partial charge in [-0.25, -0.2) is 4.39 Å². The SMILES string of the molecule is COP(=O)(OC)C1=C(F)[C@@H]2CC[C@@H]3[C@H](CC[C@]4(C)[C@@H]([C@H](C)CO[Si](C)(C)C(C)(C)C)CC[C@@H]34)[C@@]2(C)C=C1. The third kappa shape index (κ3) is 4.73. The molecule has 8 atom stereocenters. The van der Waals surface area contributed by atoms with Crippen molar-refractivity contribution in [2.24, 2.45) is 46.3 Å². The molecular weight excluding hydrogens is 502 g/mol. The predicted molar refractivity (Wildman–Crippen MR) is 153 cm³/mol. The standard InChI is InChI=1S/C30H52FO4PSi/c1-20(19-35-37(9,10)28(2,3)4)22-13-14-23-21-11-12-25-27(31)26(36(32,33-7)34-8)16-18-30(25,6)24(21)15-17-29(22,23)5/h16,18,20-25H,11-15,17,19H2,1-10H3/t20-,21+,22-,23+,24+,25+,29-,30-/m1/s1. The Morgan fingerprint density at radius 3 is 2.32 bits per heavy atom. The molecule has 4 aliphatic rings. The minimum Gasteiger partial charge on any atom is -0.417 e. The number of hydrogen-bond donors (Lipinski definition) is 0. The molecule has 212 valence electrons. The largest absolute Gasteiger partial charge is 0.417 e. The number of hydrogen-bond acceptors (Lipinski definition) is 4. The van der Waals surface area contributed by atoms with Gasteiger partial charge < -0.3 is 13.5 Å². The van der Waals surface area contributed by atoms with Crippen LogP contribution in [-0.4, -0.2) is 29.1 Å². The molecule has 0 N–H and O–H groups in total. The summed E-state index contributed by atoms with van der Waals surface area (Å²) in [5.41, 5.74) is 0.0829. The van der Waals surface area contributed by atoms with Crippen LogP contribution < -0.4 is 0 Å². The van der Waals surface area contributed by atoms with Crippen LogP contribution in [0.4, 0.5) is 4.39 Å². The van der Waals surface area contributed by atoms with E-state index in [1.54, 1.807) is 6.08 Å². The van der Waals surface area contributed by atoms with Gasteiger partial charge in [-0.15, -0.1) is 0 Å². The second-order valence-electron chi connectivity index (χ2n) is 14.6. The average Bonchev–Trinajstić information content (AvgIpc) is 3.18. The van der Waals surface area contributed by atoms with Crippen molar-refractivity contribution in [3.05, 3.63) is 23.3 Å². The Balaban J connectivity index is 1.52. The summed E-state index contributed by atoms with van der Waals surface area (Å²) in [4.78, 5) is 0. The summed E-state index contributed by atoms with van der Waals surface area (Å²) in [7, 11) is -2.71. The first-order valence-corrected chi connectivity index (χ1v) is 19.0. The van der Waals surface area contributed by atoms with E-state index in [0.29, 0.717) is 35.0 Å². The maximum atomic E-state index is 15.9. The van der Waals surface area contributed by atoms with Crippen LogP contribution in [0.1, 0.15) is 80.1 Å². The van der Waals surface area contributed by atoms with Crippen LogP contribution in [0.2, 0.25) is 18.1 Å². The molecule has 0 spiro atoms. The van der Waals surface area contributed by atoms with Gasteiger partial charge in [-0.2, -0.15) is 0 Å². The monoisotopic (exact) mass is 554 g/mol.